The minimum absolute atomic E-state index is 0.141. The molecule has 110 valence electrons. The Morgan fingerprint density at radius 1 is 1.05 bits per heavy atom. The zero-order valence-electron chi connectivity index (χ0n) is 12.7. The molecule has 4 nitrogen and oxygen atoms in total. The Hall–Kier alpha value is -1.06. The first kappa shape index (κ1) is 16.0. The van der Waals surface area contributed by atoms with Gasteiger partial charge in [-0.15, -0.1) is 0 Å². The summed E-state index contributed by atoms with van der Waals surface area (Å²) in [6, 6.07) is 0.245. The molecule has 0 aromatic carbocycles. The van der Waals surface area contributed by atoms with Crippen molar-refractivity contribution in [1.82, 2.24) is 10.2 Å². The van der Waals surface area contributed by atoms with Crippen LogP contribution in [0.4, 0.5) is 0 Å². The molecule has 0 radical (unpaired) electrons. The zero-order chi connectivity index (χ0) is 14.4. The van der Waals surface area contributed by atoms with Crippen LogP contribution in [0, 0.1) is 11.8 Å². The third-order valence-corrected chi connectivity index (χ3v) is 3.39. The molecule has 0 spiro atoms. The maximum absolute atomic E-state index is 11.9. The quantitative estimate of drug-likeness (QED) is 0.831. The molecule has 1 heterocycles. The summed E-state index contributed by atoms with van der Waals surface area (Å²) >= 11 is 0. The molecule has 1 rings (SSSR count). The van der Waals surface area contributed by atoms with E-state index < -0.39 is 0 Å². The molecule has 1 fully saturated rings. The van der Waals surface area contributed by atoms with Gasteiger partial charge in [-0.25, -0.2) is 0 Å². The van der Waals surface area contributed by atoms with Gasteiger partial charge in [-0.1, -0.05) is 27.7 Å². The number of hydrogen-bond acceptors (Lipinski definition) is 2. The van der Waals surface area contributed by atoms with E-state index in [2.05, 4.69) is 19.2 Å². The Bertz CT molecular complexity index is 305. The number of nitrogens with one attached hydrogen (secondary N) is 1. The molecule has 19 heavy (non-hydrogen) atoms. The molecular weight excluding hydrogens is 240 g/mol. The molecule has 1 saturated heterocycles. The third-order valence-electron chi connectivity index (χ3n) is 3.39. The first-order chi connectivity index (χ1) is 8.88. The highest BCUT2D eigenvalue weighted by Crippen LogP contribution is 2.14. The highest BCUT2D eigenvalue weighted by molar-refractivity contribution is 5.77. The van der Waals surface area contributed by atoms with E-state index in [1.807, 2.05) is 18.7 Å². The topological polar surface area (TPSA) is 49.4 Å². The van der Waals surface area contributed by atoms with Crippen LogP contribution >= 0.6 is 0 Å². The van der Waals surface area contributed by atoms with Crippen molar-refractivity contribution in [1.29, 1.82) is 0 Å². The fourth-order valence-electron chi connectivity index (χ4n) is 2.41. The van der Waals surface area contributed by atoms with Gasteiger partial charge in [-0.3, -0.25) is 9.59 Å². The van der Waals surface area contributed by atoms with Gasteiger partial charge in [-0.2, -0.15) is 0 Å². The molecule has 0 saturated carbocycles. The third kappa shape index (κ3) is 6.08. The largest absolute Gasteiger partial charge is 0.353 e. The Labute approximate surface area is 116 Å². The molecule has 1 N–H and O–H groups in total. The zero-order valence-corrected chi connectivity index (χ0v) is 12.7. The summed E-state index contributed by atoms with van der Waals surface area (Å²) in [5.41, 5.74) is 0. The molecule has 1 aliphatic rings. The van der Waals surface area contributed by atoms with Gasteiger partial charge in [-0.05, 0) is 24.7 Å². The van der Waals surface area contributed by atoms with Gasteiger partial charge in [0.15, 0.2) is 0 Å². The second-order valence-electron chi connectivity index (χ2n) is 6.42. The van der Waals surface area contributed by atoms with E-state index in [0.717, 1.165) is 25.9 Å². The SMILES string of the molecule is CC(C)CC(=O)NC1CCN(C(=O)CC(C)C)CC1. The fraction of sp³-hybridized carbons (Fsp3) is 0.867. The van der Waals surface area contributed by atoms with Crippen LogP contribution in [0.15, 0.2) is 0 Å². The minimum Gasteiger partial charge on any atom is -0.353 e. The summed E-state index contributed by atoms with van der Waals surface area (Å²) in [6.45, 7) is 9.78. The van der Waals surface area contributed by atoms with E-state index in [1.165, 1.54) is 0 Å². The Balaban J connectivity index is 2.29. The van der Waals surface area contributed by atoms with Crippen LogP contribution in [0.5, 0.6) is 0 Å². The summed E-state index contributed by atoms with van der Waals surface area (Å²) in [6.07, 6.45) is 2.98. The van der Waals surface area contributed by atoms with Gasteiger partial charge < -0.3 is 10.2 Å². The average Bonchev–Trinajstić information content (AvgIpc) is 2.27. The number of piperidine rings is 1. The van der Waals surface area contributed by atoms with Crippen molar-refractivity contribution in [2.24, 2.45) is 11.8 Å². The van der Waals surface area contributed by atoms with Crippen molar-refractivity contribution in [2.45, 2.75) is 59.4 Å². The predicted octanol–water partition coefficient (Wildman–Crippen LogP) is 2.19. The molecule has 0 aliphatic carbocycles. The first-order valence-corrected chi connectivity index (χ1v) is 7.45. The van der Waals surface area contributed by atoms with E-state index in [9.17, 15) is 9.59 Å². The second kappa shape index (κ2) is 7.51. The van der Waals surface area contributed by atoms with Crippen LogP contribution in [-0.2, 0) is 9.59 Å². The molecule has 1 aliphatic heterocycles. The molecule has 0 bridgehead atoms. The summed E-state index contributed by atoms with van der Waals surface area (Å²) in [5.74, 6) is 1.20. The molecule has 4 heteroatoms. The van der Waals surface area contributed by atoms with E-state index in [-0.39, 0.29) is 17.9 Å². The number of amides is 2. The van der Waals surface area contributed by atoms with Gasteiger partial charge in [0.2, 0.25) is 11.8 Å². The smallest absolute Gasteiger partial charge is 0.222 e. The number of hydrogen-bond donors (Lipinski definition) is 1. The Morgan fingerprint density at radius 2 is 1.58 bits per heavy atom. The van der Waals surface area contributed by atoms with Crippen molar-refractivity contribution < 1.29 is 9.59 Å². The van der Waals surface area contributed by atoms with Gasteiger partial charge in [0.25, 0.3) is 0 Å². The van der Waals surface area contributed by atoms with E-state index in [0.29, 0.717) is 24.7 Å². The lowest BCUT2D eigenvalue weighted by molar-refractivity contribution is -0.133. The van der Waals surface area contributed by atoms with Crippen LogP contribution in [0.3, 0.4) is 0 Å². The number of carbonyl (C=O) groups is 2. The highest BCUT2D eigenvalue weighted by Gasteiger charge is 2.24. The second-order valence-corrected chi connectivity index (χ2v) is 6.42. The number of carbonyl (C=O) groups excluding carboxylic acids is 2. The minimum atomic E-state index is 0.141. The molecule has 0 aromatic heterocycles. The lowest BCUT2D eigenvalue weighted by atomic mass is 10.0. The van der Waals surface area contributed by atoms with Gasteiger partial charge >= 0.3 is 0 Å². The summed E-state index contributed by atoms with van der Waals surface area (Å²) < 4.78 is 0. The van der Waals surface area contributed by atoms with Crippen LogP contribution < -0.4 is 5.32 Å². The monoisotopic (exact) mass is 268 g/mol. The maximum Gasteiger partial charge on any atom is 0.222 e. The van der Waals surface area contributed by atoms with Crippen molar-refractivity contribution in [2.75, 3.05) is 13.1 Å². The number of likely N-dealkylation sites (tertiary alicyclic amines) is 1. The van der Waals surface area contributed by atoms with E-state index in [4.69, 9.17) is 0 Å². The molecule has 0 unspecified atom stereocenters. The van der Waals surface area contributed by atoms with Gasteiger partial charge in [0, 0.05) is 32.0 Å². The normalized spacial score (nSPS) is 17.1. The van der Waals surface area contributed by atoms with Crippen LogP contribution in [0.25, 0.3) is 0 Å². The molecule has 2 amide bonds. The highest BCUT2D eigenvalue weighted by atomic mass is 16.2. The van der Waals surface area contributed by atoms with Crippen molar-refractivity contribution >= 4 is 11.8 Å². The molecular formula is C15H28N2O2. The molecule has 0 atom stereocenters. The number of nitrogens with zero attached hydrogens (tertiary/aromatic N) is 1. The average molecular weight is 268 g/mol. The van der Waals surface area contributed by atoms with Crippen LogP contribution in [0.1, 0.15) is 53.4 Å². The van der Waals surface area contributed by atoms with E-state index >= 15 is 0 Å². The standard InChI is InChI=1S/C15H28N2O2/c1-11(2)9-14(18)16-13-5-7-17(8-6-13)15(19)10-12(3)4/h11-13H,5-10H2,1-4H3,(H,16,18). The summed E-state index contributed by atoms with van der Waals surface area (Å²) in [4.78, 5) is 25.5. The van der Waals surface area contributed by atoms with Crippen molar-refractivity contribution in [3.63, 3.8) is 0 Å². The summed E-state index contributed by atoms with van der Waals surface area (Å²) in [7, 11) is 0. The summed E-state index contributed by atoms with van der Waals surface area (Å²) in [5, 5.41) is 3.07. The predicted molar refractivity (Wildman–Crippen MR) is 76.7 cm³/mol. The fourth-order valence-corrected chi connectivity index (χ4v) is 2.41. The van der Waals surface area contributed by atoms with Gasteiger partial charge in [0.1, 0.15) is 0 Å². The maximum atomic E-state index is 11.9. The van der Waals surface area contributed by atoms with Crippen molar-refractivity contribution in [3.05, 3.63) is 0 Å². The number of rotatable bonds is 5. The Kier molecular flexibility index (Phi) is 6.32. The van der Waals surface area contributed by atoms with Crippen molar-refractivity contribution in [3.8, 4) is 0 Å². The first-order valence-electron chi connectivity index (χ1n) is 7.45. The van der Waals surface area contributed by atoms with Gasteiger partial charge in [0.05, 0.1) is 0 Å². The van der Waals surface area contributed by atoms with Crippen LogP contribution in [0.2, 0.25) is 0 Å². The lowest BCUT2D eigenvalue weighted by Crippen LogP contribution is -2.46. The lowest BCUT2D eigenvalue weighted by Gasteiger charge is -2.33. The van der Waals surface area contributed by atoms with E-state index in [1.54, 1.807) is 0 Å². The molecule has 0 aromatic rings. The Morgan fingerprint density at radius 3 is 2.05 bits per heavy atom. The van der Waals surface area contributed by atoms with Crippen LogP contribution in [-0.4, -0.2) is 35.8 Å².